The SMILES string of the molecule is COc1cc(OC)c(Cc2ccc(C(=O)N(Cc3ccc(N(C)C)cc3)C(C)C)o2)c(OC)c1. The van der Waals surface area contributed by atoms with Gasteiger partial charge in [-0.1, -0.05) is 12.1 Å². The highest BCUT2D eigenvalue weighted by atomic mass is 16.5. The molecule has 0 aliphatic rings. The maximum atomic E-state index is 13.3. The number of benzene rings is 2. The zero-order valence-electron chi connectivity index (χ0n) is 21.0. The van der Waals surface area contributed by atoms with Crippen LogP contribution in [0.2, 0.25) is 0 Å². The number of anilines is 1. The molecule has 0 aliphatic carbocycles. The Balaban J connectivity index is 1.81. The number of methoxy groups -OCH3 is 3. The molecule has 0 fully saturated rings. The standard InChI is InChI=1S/C27H34N2O5/c1-18(2)29(17-19-8-10-20(11-9-19)28(3)4)27(30)24-13-12-21(34-24)14-23-25(32-6)15-22(31-5)16-26(23)33-7/h8-13,15-16,18H,14,17H2,1-7H3. The Morgan fingerprint density at radius 2 is 1.53 bits per heavy atom. The second-order valence-electron chi connectivity index (χ2n) is 8.54. The second-order valence-corrected chi connectivity index (χ2v) is 8.54. The molecule has 0 spiro atoms. The number of ether oxygens (including phenoxy) is 3. The summed E-state index contributed by atoms with van der Waals surface area (Å²) in [7, 11) is 8.80. The van der Waals surface area contributed by atoms with Gasteiger partial charge in [0.2, 0.25) is 0 Å². The van der Waals surface area contributed by atoms with Crippen molar-refractivity contribution < 1.29 is 23.4 Å². The van der Waals surface area contributed by atoms with Crippen LogP contribution < -0.4 is 19.1 Å². The molecule has 0 atom stereocenters. The van der Waals surface area contributed by atoms with Crippen LogP contribution in [-0.4, -0.2) is 52.3 Å². The zero-order chi connectivity index (χ0) is 24.8. The third kappa shape index (κ3) is 5.65. The van der Waals surface area contributed by atoms with Crippen LogP contribution in [0.5, 0.6) is 17.2 Å². The van der Waals surface area contributed by atoms with E-state index in [1.165, 1.54) is 0 Å². The van der Waals surface area contributed by atoms with E-state index in [0.29, 0.717) is 41.7 Å². The topological polar surface area (TPSA) is 64.4 Å². The summed E-state index contributed by atoms with van der Waals surface area (Å²) in [6.45, 7) is 4.51. The maximum absolute atomic E-state index is 13.3. The average molecular weight is 467 g/mol. The molecule has 182 valence electrons. The first-order chi connectivity index (χ1) is 16.3. The van der Waals surface area contributed by atoms with Crippen LogP contribution in [0.25, 0.3) is 0 Å². The van der Waals surface area contributed by atoms with Crippen molar-refractivity contribution in [3.05, 3.63) is 71.2 Å². The van der Waals surface area contributed by atoms with Crippen molar-refractivity contribution in [3.63, 3.8) is 0 Å². The Labute approximate surface area is 201 Å². The smallest absolute Gasteiger partial charge is 0.290 e. The largest absolute Gasteiger partial charge is 0.496 e. The van der Waals surface area contributed by atoms with Gasteiger partial charge in [0.15, 0.2) is 5.76 Å². The lowest BCUT2D eigenvalue weighted by Gasteiger charge is -2.26. The zero-order valence-corrected chi connectivity index (χ0v) is 21.0. The molecule has 3 aromatic rings. The van der Waals surface area contributed by atoms with Crippen LogP contribution in [0.15, 0.2) is 52.9 Å². The van der Waals surface area contributed by atoms with Gasteiger partial charge in [-0.05, 0) is 43.7 Å². The molecule has 1 aromatic heterocycles. The molecular weight excluding hydrogens is 432 g/mol. The van der Waals surface area contributed by atoms with Crippen molar-refractivity contribution in [2.24, 2.45) is 0 Å². The molecule has 1 amide bonds. The molecule has 0 aliphatic heterocycles. The molecule has 0 radical (unpaired) electrons. The van der Waals surface area contributed by atoms with Gasteiger partial charge in [-0.15, -0.1) is 0 Å². The molecular formula is C27H34N2O5. The fourth-order valence-corrected chi connectivity index (χ4v) is 3.74. The molecule has 0 N–H and O–H groups in total. The highest BCUT2D eigenvalue weighted by Gasteiger charge is 2.23. The van der Waals surface area contributed by atoms with Crippen molar-refractivity contribution >= 4 is 11.6 Å². The third-order valence-electron chi connectivity index (χ3n) is 5.73. The highest BCUT2D eigenvalue weighted by Crippen LogP contribution is 2.36. The van der Waals surface area contributed by atoms with Crippen LogP contribution in [-0.2, 0) is 13.0 Å². The van der Waals surface area contributed by atoms with Crippen molar-refractivity contribution in [1.82, 2.24) is 4.90 Å². The number of hydrogen-bond donors (Lipinski definition) is 0. The number of rotatable bonds is 10. The summed E-state index contributed by atoms with van der Waals surface area (Å²) < 4.78 is 22.4. The predicted octanol–water partition coefficient (Wildman–Crippen LogP) is 5.01. The van der Waals surface area contributed by atoms with Gasteiger partial charge in [-0.3, -0.25) is 4.79 Å². The first kappa shape index (κ1) is 25.0. The fraction of sp³-hybridized carbons (Fsp3) is 0.370. The normalized spacial score (nSPS) is 10.8. The van der Waals surface area contributed by atoms with Gasteiger partial charge in [-0.2, -0.15) is 0 Å². The van der Waals surface area contributed by atoms with E-state index in [1.807, 2.05) is 55.9 Å². The van der Waals surface area contributed by atoms with Gasteiger partial charge in [0.25, 0.3) is 5.91 Å². The summed E-state index contributed by atoms with van der Waals surface area (Å²) in [5.41, 5.74) is 3.00. The van der Waals surface area contributed by atoms with Crippen LogP contribution in [0.4, 0.5) is 5.69 Å². The average Bonchev–Trinajstić information content (AvgIpc) is 3.30. The van der Waals surface area contributed by atoms with Crippen LogP contribution in [0, 0.1) is 0 Å². The number of furan rings is 1. The Morgan fingerprint density at radius 3 is 2.03 bits per heavy atom. The predicted molar refractivity (Wildman–Crippen MR) is 133 cm³/mol. The number of amides is 1. The molecule has 2 aromatic carbocycles. The summed E-state index contributed by atoms with van der Waals surface area (Å²) in [5.74, 6) is 2.70. The summed E-state index contributed by atoms with van der Waals surface area (Å²) in [4.78, 5) is 17.2. The number of nitrogens with zero attached hydrogens (tertiary/aromatic N) is 2. The molecule has 1 heterocycles. The van der Waals surface area contributed by atoms with Gasteiger partial charge in [0.1, 0.15) is 23.0 Å². The van der Waals surface area contributed by atoms with Crippen molar-refractivity contribution in [3.8, 4) is 17.2 Å². The monoisotopic (exact) mass is 466 g/mol. The van der Waals surface area contributed by atoms with E-state index in [4.69, 9.17) is 18.6 Å². The number of carbonyl (C=O) groups excluding carboxylic acids is 1. The van der Waals surface area contributed by atoms with Gasteiger partial charge < -0.3 is 28.4 Å². The summed E-state index contributed by atoms with van der Waals surface area (Å²) >= 11 is 0. The van der Waals surface area contributed by atoms with Crippen LogP contribution in [0.1, 0.15) is 41.3 Å². The second kappa shape index (κ2) is 11.0. The Hall–Kier alpha value is -3.61. The van der Waals surface area contributed by atoms with Gasteiger partial charge in [-0.25, -0.2) is 0 Å². The maximum Gasteiger partial charge on any atom is 0.290 e. The highest BCUT2D eigenvalue weighted by molar-refractivity contribution is 5.91. The summed E-state index contributed by atoms with van der Waals surface area (Å²) in [6, 6.07) is 15.4. The van der Waals surface area contributed by atoms with E-state index in [2.05, 4.69) is 12.1 Å². The van der Waals surface area contributed by atoms with E-state index in [9.17, 15) is 4.79 Å². The molecule has 34 heavy (non-hydrogen) atoms. The minimum absolute atomic E-state index is 0.0105. The van der Waals surface area contributed by atoms with E-state index < -0.39 is 0 Å². The van der Waals surface area contributed by atoms with E-state index in [0.717, 1.165) is 16.8 Å². The molecule has 7 heteroatoms. The molecule has 0 bridgehead atoms. The van der Waals surface area contributed by atoms with Crippen LogP contribution >= 0.6 is 0 Å². The van der Waals surface area contributed by atoms with Gasteiger partial charge in [0.05, 0.1) is 21.3 Å². The number of carbonyl (C=O) groups is 1. The first-order valence-corrected chi connectivity index (χ1v) is 11.2. The lowest BCUT2D eigenvalue weighted by atomic mass is 10.1. The van der Waals surface area contributed by atoms with E-state index >= 15 is 0 Å². The summed E-state index contributed by atoms with van der Waals surface area (Å²) in [5, 5.41) is 0. The molecule has 7 nitrogen and oxygen atoms in total. The Kier molecular flexibility index (Phi) is 8.10. The number of hydrogen-bond acceptors (Lipinski definition) is 6. The molecule has 0 saturated carbocycles. The first-order valence-electron chi connectivity index (χ1n) is 11.2. The lowest BCUT2D eigenvalue weighted by Crippen LogP contribution is -2.36. The third-order valence-corrected chi connectivity index (χ3v) is 5.73. The van der Waals surface area contributed by atoms with Gasteiger partial charge in [0, 0.05) is 56.5 Å². The van der Waals surface area contributed by atoms with Crippen molar-refractivity contribution in [2.75, 3.05) is 40.3 Å². The van der Waals surface area contributed by atoms with Crippen molar-refractivity contribution in [1.29, 1.82) is 0 Å². The Bertz CT molecular complexity index is 1080. The Morgan fingerprint density at radius 1 is 0.912 bits per heavy atom. The van der Waals surface area contributed by atoms with Gasteiger partial charge >= 0.3 is 0 Å². The summed E-state index contributed by atoms with van der Waals surface area (Å²) in [6.07, 6.45) is 0.414. The minimum Gasteiger partial charge on any atom is -0.496 e. The lowest BCUT2D eigenvalue weighted by molar-refractivity contribution is 0.0656. The minimum atomic E-state index is -0.147. The van der Waals surface area contributed by atoms with Crippen LogP contribution in [0.3, 0.4) is 0 Å². The fourth-order valence-electron chi connectivity index (χ4n) is 3.74. The quantitative estimate of drug-likeness (QED) is 0.418. The molecule has 0 unspecified atom stereocenters. The van der Waals surface area contributed by atoms with E-state index in [1.54, 1.807) is 39.5 Å². The van der Waals surface area contributed by atoms with Crippen molar-refractivity contribution in [2.45, 2.75) is 32.9 Å². The molecule has 3 rings (SSSR count). The van der Waals surface area contributed by atoms with E-state index in [-0.39, 0.29) is 11.9 Å². The molecule has 0 saturated heterocycles.